The molecule has 0 amide bonds. The second kappa shape index (κ2) is 7.83. The molecular weight excluding hydrogens is 527 g/mol. The van der Waals surface area contributed by atoms with E-state index in [4.69, 9.17) is 28.2 Å². The van der Waals surface area contributed by atoms with Gasteiger partial charge in [-0.3, -0.25) is 9.89 Å². The van der Waals surface area contributed by atoms with E-state index >= 15 is 0 Å². The minimum absolute atomic E-state index is 0.218. The molecular formula is C18H11BrCl2N8OS. The number of hydrogen-bond donors (Lipinski definition) is 2. The maximum Gasteiger partial charge on any atom is 0.268 e. The molecule has 5 aromatic rings. The summed E-state index contributed by atoms with van der Waals surface area (Å²) in [5.74, 6) is 1.33. The second-order valence-electron chi connectivity index (χ2n) is 6.52. The van der Waals surface area contributed by atoms with Gasteiger partial charge in [-0.1, -0.05) is 23.2 Å². The zero-order chi connectivity index (χ0) is 21.7. The molecule has 4 aromatic heterocycles. The van der Waals surface area contributed by atoms with Gasteiger partial charge in [0.1, 0.15) is 22.5 Å². The van der Waals surface area contributed by atoms with Gasteiger partial charge in [0.2, 0.25) is 0 Å². The number of rotatable bonds is 4. The average molecular weight is 538 g/mol. The molecule has 0 aliphatic rings. The van der Waals surface area contributed by atoms with E-state index < -0.39 is 6.04 Å². The quantitative estimate of drug-likeness (QED) is 0.340. The summed E-state index contributed by atoms with van der Waals surface area (Å²) in [6.07, 6.45) is 3.01. The molecule has 0 unspecified atom stereocenters. The van der Waals surface area contributed by atoms with Gasteiger partial charge >= 0.3 is 0 Å². The third-order valence-corrected chi connectivity index (χ3v) is 6.56. The Kier molecular flexibility index (Phi) is 5.13. The number of anilines is 1. The summed E-state index contributed by atoms with van der Waals surface area (Å²) in [6.45, 7) is 1.85. The molecule has 0 aliphatic heterocycles. The third kappa shape index (κ3) is 3.37. The molecule has 156 valence electrons. The third-order valence-electron chi connectivity index (χ3n) is 4.62. The Morgan fingerprint density at radius 1 is 1.19 bits per heavy atom. The largest absolute Gasteiger partial charge is 0.358 e. The number of halogens is 3. The molecule has 0 saturated carbocycles. The van der Waals surface area contributed by atoms with E-state index in [1.165, 1.54) is 22.2 Å². The standard InChI is InChI=1S/C18H11BrCl2N8OS/c1-7(26-14-13-17(23-5-22-14)31-6-24-13)15-27-12-10(21)3-2-9(20)11(12)18(30)29(15)16-8(19)4-25-28-16/h2-7H,1H3,(H,25,28)(H,22,23,26)/t7-/m0/s1. The van der Waals surface area contributed by atoms with Gasteiger partial charge in [0.05, 0.1) is 43.2 Å². The number of benzene rings is 1. The number of aromatic nitrogens is 7. The molecule has 9 nitrogen and oxygen atoms in total. The van der Waals surface area contributed by atoms with Gasteiger partial charge < -0.3 is 5.32 Å². The van der Waals surface area contributed by atoms with E-state index in [9.17, 15) is 4.79 Å². The van der Waals surface area contributed by atoms with Crippen LogP contribution in [0.25, 0.3) is 27.1 Å². The van der Waals surface area contributed by atoms with Crippen LogP contribution in [0.5, 0.6) is 0 Å². The van der Waals surface area contributed by atoms with Crippen molar-refractivity contribution in [3.8, 4) is 5.82 Å². The lowest BCUT2D eigenvalue weighted by Gasteiger charge is -2.20. The summed E-state index contributed by atoms with van der Waals surface area (Å²) in [5, 5.41) is 10.9. The van der Waals surface area contributed by atoms with Crippen LogP contribution in [0.2, 0.25) is 10.0 Å². The van der Waals surface area contributed by atoms with E-state index in [0.29, 0.717) is 38.0 Å². The average Bonchev–Trinajstić information content (AvgIpc) is 3.40. The number of fused-ring (bicyclic) bond motifs is 2. The molecule has 2 N–H and O–H groups in total. The van der Waals surface area contributed by atoms with Gasteiger partial charge in [-0.2, -0.15) is 5.10 Å². The first-order chi connectivity index (χ1) is 15.0. The second-order valence-corrected chi connectivity index (χ2v) is 9.03. The van der Waals surface area contributed by atoms with Gasteiger partial charge in [0.15, 0.2) is 11.6 Å². The van der Waals surface area contributed by atoms with Crippen molar-refractivity contribution in [3.63, 3.8) is 0 Å². The Hall–Kier alpha value is -2.60. The Bertz CT molecular complexity index is 1510. The smallest absolute Gasteiger partial charge is 0.268 e. The molecule has 5 rings (SSSR count). The number of hydrogen-bond acceptors (Lipinski definition) is 8. The normalized spacial score (nSPS) is 12.5. The van der Waals surface area contributed by atoms with Crippen molar-refractivity contribution < 1.29 is 0 Å². The monoisotopic (exact) mass is 536 g/mol. The molecule has 4 heterocycles. The molecule has 1 aromatic carbocycles. The van der Waals surface area contributed by atoms with E-state index in [1.54, 1.807) is 23.8 Å². The van der Waals surface area contributed by atoms with Crippen molar-refractivity contribution in [2.24, 2.45) is 0 Å². The fourth-order valence-corrected chi connectivity index (χ4v) is 4.66. The molecule has 0 aliphatic carbocycles. The number of aromatic amines is 1. The molecule has 0 fully saturated rings. The van der Waals surface area contributed by atoms with Crippen molar-refractivity contribution >= 4 is 77.5 Å². The summed E-state index contributed by atoms with van der Waals surface area (Å²) in [6, 6.07) is 2.71. The molecule has 1 atom stereocenters. The Morgan fingerprint density at radius 2 is 2.00 bits per heavy atom. The van der Waals surface area contributed by atoms with Gasteiger partial charge in [0, 0.05) is 0 Å². The number of nitrogens with one attached hydrogen (secondary N) is 2. The van der Waals surface area contributed by atoms with Crippen molar-refractivity contribution in [1.29, 1.82) is 0 Å². The van der Waals surface area contributed by atoms with Crippen molar-refractivity contribution in [2.45, 2.75) is 13.0 Å². The minimum atomic E-state index is -0.470. The van der Waals surface area contributed by atoms with E-state index in [0.717, 1.165) is 4.83 Å². The van der Waals surface area contributed by atoms with Gasteiger partial charge in [0.25, 0.3) is 5.56 Å². The Labute approximate surface area is 196 Å². The lowest BCUT2D eigenvalue weighted by Crippen LogP contribution is -2.28. The van der Waals surface area contributed by atoms with Crippen LogP contribution in [-0.4, -0.2) is 34.7 Å². The first kappa shape index (κ1) is 20.3. The summed E-state index contributed by atoms with van der Waals surface area (Å²) in [7, 11) is 0. The van der Waals surface area contributed by atoms with E-state index in [2.05, 4.69) is 46.4 Å². The Morgan fingerprint density at radius 3 is 2.77 bits per heavy atom. The predicted octanol–water partition coefficient (Wildman–Crippen LogP) is 4.75. The summed E-state index contributed by atoms with van der Waals surface area (Å²) in [4.78, 5) is 31.8. The molecule has 0 bridgehead atoms. The summed E-state index contributed by atoms with van der Waals surface area (Å²) in [5.41, 5.74) is 2.27. The zero-order valence-corrected chi connectivity index (χ0v) is 19.5. The first-order valence-electron chi connectivity index (χ1n) is 8.86. The van der Waals surface area contributed by atoms with Crippen LogP contribution in [0.3, 0.4) is 0 Å². The number of H-pyrrole nitrogens is 1. The fraction of sp³-hybridized carbons (Fsp3) is 0.111. The SMILES string of the molecule is C[C@H](Nc1ncnc2scnc12)c1nc2c(Cl)ccc(Cl)c2c(=O)n1-c1[nH]ncc1Br. The Balaban J connectivity index is 1.75. The summed E-state index contributed by atoms with van der Waals surface area (Å²) >= 11 is 17.5. The molecule has 13 heteroatoms. The number of nitrogens with zero attached hydrogens (tertiary/aromatic N) is 6. The van der Waals surface area contributed by atoms with Gasteiger partial charge in [-0.15, -0.1) is 11.3 Å². The molecule has 0 spiro atoms. The fourth-order valence-electron chi connectivity index (χ4n) is 3.23. The van der Waals surface area contributed by atoms with Crippen molar-refractivity contribution in [3.05, 3.63) is 60.9 Å². The highest BCUT2D eigenvalue weighted by atomic mass is 79.9. The lowest BCUT2D eigenvalue weighted by molar-refractivity contribution is 0.719. The molecule has 0 radical (unpaired) electrons. The lowest BCUT2D eigenvalue weighted by atomic mass is 10.2. The van der Waals surface area contributed by atoms with Crippen LogP contribution >= 0.6 is 50.5 Å². The minimum Gasteiger partial charge on any atom is -0.358 e. The number of thiazole rings is 1. The van der Waals surface area contributed by atoms with E-state index in [1.807, 2.05) is 6.92 Å². The van der Waals surface area contributed by atoms with E-state index in [-0.39, 0.29) is 16.0 Å². The topological polar surface area (TPSA) is 114 Å². The maximum atomic E-state index is 13.5. The molecule has 0 saturated heterocycles. The van der Waals surface area contributed by atoms with Gasteiger partial charge in [-0.05, 0) is 35.0 Å². The van der Waals surface area contributed by atoms with Crippen LogP contribution in [-0.2, 0) is 0 Å². The maximum absolute atomic E-state index is 13.5. The van der Waals surface area contributed by atoms with Crippen LogP contribution in [0.15, 0.2) is 39.4 Å². The highest BCUT2D eigenvalue weighted by Crippen LogP contribution is 2.30. The molecule has 31 heavy (non-hydrogen) atoms. The predicted molar refractivity (Wildman–Crippen MR) is 124 cm³/mol. The van der Waals surface area contributed by atoms with Crippen molar-refractivity contribution in [1.82, 2.24) is 34.7 Å². The van der Waals surface area contributed by atoms with Gasteiger partial charge in [-0.25, -0.2) is 24.5 Å². The van der Waals surface area contributed by atoms with Crippen molar-refractivity contribution in [2.75, 3.05) is 5.32 Å². The highest BCUT2D eigenvalue weighted by Gasteiger charge is 2.23. The van der Waals surface area contributed by atoms with Crippen LogP contribution in [0.1, 0.15) is 18.8 Å². The highest BCUT2D eigenvalue weighted by molar-refractivity contribution is 9.10. The van der Waals surface area contributed by atoms with Crippen LogP contribution in [0, 0.1) is 0 Å². The summed E-state index contributed by atoms with van der Waals surface area (Å²) < 4.78 is 2.00. The zero-order valence-electron chi connectivity index (χ0n) is 15.6. The first-order valence-corrected chi connectivity index (χ1v) is 11.3. The van der Waals surface area contributed by atoms with Crippen LogP contribution in [0.4, 0.5) is 5.82 Å². The van der Waals surface area contributed by atoms with Crippen LogP contribution < -0.4 is 10.9 Å².